The standard InChI is InChI=1S/C32H28Cl2N2O3/c1-36(30-17-21-9-7-13-26(32(21)39-30)24-11-3-5-15-28(24)34)19-29(37)35-18-22-16-20-8-6-12-25(31(20)38-22)23-10-2-4-14-27(23)33/h2-15,22,30H,16-19H2,1H3,(H,35,37). The van der Waals surface area contributed by atoms with Gasteiger partial charge in [-0.3, -0.25) is 9.69 Å². The Morgan fingerprint density at radius 2 is 1.31 bits per heavy atom. The number of likely N-dealkylation sites (N-methyl/N-ethyl adjacent to an activating group) is 1. The highest BCUT2D eigenvalue weighted by atomic mass is 35.5. The van der Waals surface area contributed by atoms with Crippen molar-refractivity contribution in [3.8, 4) is 33.8 Å². The van der Waals surface area contributed by atoms with E-state index in [2.05, 4.69) is 17.4 Å². The fourth-order valence-electron chi connectivity index (χ4n) is 5.34. The topological polar surface area (TPSA) is 50.8 Å². The van der Waals surface area contributed by atoms with Crippen LogP contribution < -0.4 is 14.8 Å². The number of hydrogen-bond donors (Lipinski definition) is 1. The Hall–Kier alpha value is -3.51. The lowest BCUT2D eigenvalue weighted by Gasteiger charge is -2.24. The van der Waals surface area contributed by atoms with Crippen LogP contribution in [0.5, 0.6) is 11.5 Å². The van der Waals surface area contributed by atoms with Gasteiger partial charge in [-0.25, -0.2) is 0 Å². The van der Waals surface area contributed by atoms with E-state index in [0.717, 1.165) is 51.3 Å². The number of ether oxygens (including phenoxy) is 2. The molecular formula is C32H28Cl2N2O3. The Morgan fingerprint density at radius 3 is 1.92 bits per heavy atom. The molecule has 5 nitrogen and oxygen atoms in total. The number of fused-ring (bicyclic) bond motifs is 2. The number of nitrogens with one attached hydrogen (secondary N) is 1. The number of amides is 1. The number of rotatable bonds is 7. The van der Waals surface area contributed by atoms with E-state index in [9.17, 15) is 4.79 Å². The molecule has 4 aromatic rings. The van der Waals surface area contributed by atoms with Crippen LogP contribution in [0.15, 0.2) is 84.9 Å². The third kappa shape index (κ3) is 5.22. The third-order valence-corrected chi connectivity index (χ3v) is 7.97. The van der Waals surface area contributed by atoms with Gasteiger partial charge in [-0.15, -0.1) is 0 Å². The minimum Gasteiger partial charge on any atom is -0.487 e. The molecule has 1 N–H and O–H groups in total. The van der Waals surface area contributed by atoms with Crippen LogP contribution in [-0.2, 0) is 17.6 Å². The quantitative estimate of drug-likeness (QED) is 0.276. The lowest BCUT2D eigenvalue weighted by atomic mass is 10.0. The van der Waals surface area contributed by atoms with Crippen LogP contribution in [0, 0.1) is 0 Å². The SMILES string of the molecule is CN(CC(=O)NCC1Cc2cccc(-c3ccccc3Cl)c2O1)C1Cc2cccc(-c3ccccc3Cl)c2O1. The summed E-state index contributed by atoms with van der Waals surface area (Å²) in [6, 6.07) is 27.7. The molecule has 0 radical (unpaired) electrons. The van der Waals surface area contributed by atoms with Crippen molar-refractivity contribution >= 4 is 29.1 Å². The van der Waals surface area contributed by atoms with Crippen LogP contribution in [0.1, 0.15) is 11.1 Å². The second-order valence-corrected chi connectivity index (χ2v) is 10.8. The molecule has 6 rings (SSSR count). The van der Waals surface area contributed by atoms with E-state index in [0.29, 0.717) is 23.0 Å². The first-order chi connectivity index (χ1) is 19.0. The Kier molecular flexibility index (Phi) is 7.22. The molecule has 2 atom stereocenters. The average Bonchev–Trinajstić information content (AvgIpc) is 3.57. The number of benzene rings is 4. The molecule has 0 aromatic heterocycles. The van der Waals surface area contributed by atoms with Gasteiger partial charge in [-0.1, -0.05) is 96.0 Å². The van der Waals surface area contributed by atoms with Gasteiger partial charge in [-0.05, 0) is 30.3 Å². The molecule has 1 amide bonds. The molecule has 39 heavy (non-hydrogen) atoms. The number of para-hydroxylation sites is 2. The summed E-state index contributed by atoms with van der Waals surface area (Å²) < 4.78 is 12.6. The number of nitrogens with zero attached hydrogens (tertiary/aromatic N) is 1. The first-order valence-corrected chi connectivity index (χ1v) is 13.8. The van der Waals surface area contributed by atoms with Gasteiger partial charge in [0.2, 0.25) is 5.91 Å². The maximum Gasteiger partial charge on any atom is 0.234 e. The smallest absolute Gasteiger partial charge is 0.234 e. The maximum absolute atomic E-state index is 12.9. The third-order valence-electron chi connectivity index (χ3n) is 7.31. The molecule has 0 aliphatic carbocycles. The molecule has 0 saturated carbocycles. The minimum absolute atomic E-state index is 0.0748. The van der Waals surface area contributed by atoms with Gasteiger partial charge >= 0.3 is 0 Å². The summed E-state index contributed by atoms with van der Waals surface area (Å²) in [6.07, 6.45) is 1.06. The normalized spacial score (nSPS) is 17.3. The van der Waals surface area contributed by atoms with Crippen molar-refractivity contribution in [2.75, 3.05) is 20.1 Å². The van der Waals surface area contributed by atoms with Crippen molar-refractivity contribution in [3.63, 3.8) is 0 Å². The van der Waals surface area contributed by atoms with E-state index in [1.54, 1.807) is 0 Å². The van der Waals surface area contributed by atoms with Gasteiger partial charge in [0.25, 0.3) is 0 Å². The zero-order valence-corrected chi connectivity index (χ0v) is 23.0. The van der Waals surface area contributed by atoms with E-state index in [-0.39, 0.29) is 24.8 Å². The van der Waals surface area contributed by atoms with Crippen molar-refractivity contribution in [2.24, 2.45) is 0 Å². The van der Waals surface area contributed by atoms with Crippen LogP contribution in [0.3, 0.4) is 0 Å². The highest BCUT2D eigenvalue weighted by Crippen LogP contribution is 2.42. The van der Waals surface area contributed by atoms with Crippen LogP contribution in [-0.4, -0.2) is 43.3 Å². The lowest BCUT2D eigenvalue weighted by molar-refractivity contribution is -0.124. The summed E-state index contributed by atoms with van der Waals surface area (Å²) in [5.41, 5.74) is 6.05. The first kappa shape index (κ1) is 25.8. The number of carbonyl (C=O) groups is 1. The molecule has 2 heterocycles. The van der Waals surface area contributed by atoms with Crippen LogP contribution in [0.2, 0.25) is 10.0 Å². The van der Waals surface area contributed by atoms with Crippen molar-refractivity contribution in [1.29, 1.82) is 0 Å². The van der Waals surface area contributed by atoms with Gasteiger partial charge < -0.3 is 14.8 Å². The zero-order chi connectivity index (χ0) is 26.9. The van der Waals surface area contributed by atoms with Gasteiger partial charge in [0.1, 0.15) is 17.6 Å². The van der Waals surface area contributed by atoms with Gasteiger partial charge in [0.05, 0.1) is 13.1 Å². The van der Waals surface area contributed by atoms with E-state index in [4.69, 9.17) is 32.7 Å². The van der Waals surface area contributed by atoms with E-state index in [1.165, 1.54) is 0 Å². The minimum atomic E-state index is -0.237. The molecule has 7 heteroatoms. The largest absolute Gasteiger partial charge is 0.487 e. The summed E-state index contributed by atoms with van der Waals surface area (Å²) >= 11 is 12.9. The molecule has 2 aliphatic heterocycles. The molecule has 0 fully saturated rings. The molecule has 0 saturated heterocycles. The second-order valence-electron chi connectivity index (χ2n) is 9.99. The Labute approximate surface area is 238 Å². The fraction of sp³-hybridized carbons (Fsp3) is 0.219. The Balaban J connectivity index is 1.06. The molecule has 2 aliphatic rings. The van der Waals surface area contributed by atoms with Crippen LogP contribution >= 0.6 is 23.2 Å². The number of carbonyl (C=O) groups excluding carboxylic acids is 1. The highest BCUT2D eigenvalue weighted by molar-refractivity contribution is 6.33. The van der Waals surface area contributed by atoms with E-state index >= 15 is 0 Å². The van der Waals surface area contributed by atoms with E-state index in [1.807, 2.05) is 84.7 Å². The van der Waals surface area contributed by atoms with Crippen molar-refractivity contribution in [1.82, 2.24) is 10.2 Å². The molecule has 0 bridgehead atoms. The maximum atomic E-state index is 12.9. The lowest BCUT2D eigenvalue weighted by Crippen LogP contribution is -2.44. The molecule has 0 spiro atoms. The predicted molar refractivity (Wildman–Crippen MR) is 156 cm³/mol. The van der Waals surface area contributed by atoms with Crippen molar-refractivity contribution in [2.45, 2.75) is 25.2 Å². The Bertz CT molecular complexity index is 1540. The molecule has 4 aromatic carbocycles. The number of halogens is 2. The van der Waals surface area contributed by atoms with Crippen molar-refractivity contribution in [3.05, 3.63) is 106 Å². The summed E-state index contributed by atoms with van der Waals surface area (Å²) in [7, 11) is 1.91. The zero-order valence-electron chi connectivity index (χ0n) is 21.5. The number of hydrogen-bond acceptors (Lipinski definition) is 4. The van der Waals surface area contributed by atoms with Gasteiger partial charge in [0, 0.05) is 45.1 Å². The highest BCUT2D eigenvalue weighted by Gasteiger charge is 2.31. The average molecular weight is 559 g/mol. The summed E-state index contributed by atoms with van der Waals surface area (Å²) in [5, 5.41) is 4.41. The van der Waals surface area contributed by atoms with E-state index < -0.39 is 0 Å². The summed E-state index contributed by atoms with van der Waals surface area (Å²) in [5.74, 6) is 1.59. The van der Waals surface area contributed by atoms with Crippen molar-refractivity contribution < 1.29 is 14.3 Å². The predicted octanol–water partition coefficient (Wildman–Crippen LogP) is 6.64. The second kappa shape index (κ2) is 10.9. The molecule has 2 unspecified atom stereocenters. The van der Waals surface area contributed by atoms with Gasteiger partial charge in [-0.2, -0.15) is 0 Å². The summed E-state index contributed by atoms with van der Waals surface area (Å²) in [4.78, 5) is 14.8. The molecule has 198 valence electrons. The van der Waals surface area contributed by atoms with Gasteiger partial charge in [0.15, 0.2) is 6.23 Å². The monoisotopic (exact) mass is 558 g/mol. The Morgan fingerprint density at radius 1 is 0.769 bits per heavy atom. The fourth-order valence-corrected chi connectivity index (χ4v) is 5.82. The van der Waals surface area contributed by atoms with Crippen LogP contribution in [0.4, 0.5) is 0 Å². The van der Waals surface area contributed by atoms with Crippen LogP contribution in [0.25, 0.3) is 22.3 Å². The molecular weight excluding hydrogens is 531 g/mol. The first-order valence-electron chi connectivity index (χ1n) is 13.0. The summed E-state index contributed by atoms with van der Waals surface area (Å²) in [6.45, 7) is 0.635.